The normalized spacial score (nSPS) is 18.9. The molecule has 0 saturated heterocycles. The summed E-state index contributed by atoms with van der Waals surface area (Å²) in [5.74, 6) is -0.424. The van der Waals surface area contributed by atoms with E-state index in [1.165, 1.54) is 12.1 Å². The van der Waals surface area contributed by atoms with Crippen LogP contribution in [0.2, 0.25) is 0 Å². The van der Waals surface area contributed by atoms with Crippen molar-refractivity contribution in [2.75, 3.05) is 6.54 Å². The third kappa shape index (κ3) is 3.95. The fourth-order valence-corrected chi connectivity index (χ4v) is 2.63. The fourth-order valence-electron chi connectivity index (χ4n) is 2.63. The first-order valence-corrected chi connectivity index (χ1v) is 7.24. The first kappa shape index (κ1) is 17.9. The number of halogens is 2. The molecular weight excluding hydrogens is 291 g/mol. The van der Waals surface area contributed by atoms with Gasteiger partial charge >= 0.3 is 0 Å². The summed E-state index contributed by atoms with van der Waals surface area (Å²) in [5.41, 5.74) is 6.83. The molecule has 5 heteroatoms. The summed E-state index contributed by atoms with van der Waals surface area (Å²) in [7, 11) is 0. The van der Waals surface area contributed by atoms with Crippen LogP contribution in [0.4, 0.5) is 4.39 Å². The molecule has 3 nitrogen and oxygen atoms in total. The Bertz CT molecular complexity index is 472. The quantitative estimate of drug-likeness (QED) is 0.878. The van der Waals surface area contributed by atoms with Gasteiger partial charge in [-0.1, -0.05) is 25.5 Å². The van der Waals surface area contributed by atoms with Crippen LogP contribution in [0.5, 0.6) is 0 Å². The molecule has 1 aromatic rings. The van der Waals surface area contributed by atoms with Crippen LogP contribution in [-0.4, -0.2) is 18.5 Å². The maximum Gasteiger partial charge on any atom is 0.224 e. The molecule has 1 aliphatic rings. The van der Waals surface area contributed by atoms with Gasteiger partial charge in [0.1, 0.15) is 5.82 Å². The zero-order valence-corrected chi connectivity index (χ0v) is 13.4. The maximum absolute atomic E-state index is 13.0. The van der Waals surface area contributed by atoms with E-state index in [9.17, 15) is 9.18 Å². The van der Waals surface area contributed by atoms with E-state index in [0.717, 1.165) is 24.8 Å². The number of nitrogens with one attached hydrogen (secondary N) is 1. The number of carbonyl (C=O) groups excluding carboxylic acids is 1. The largest absolute Gasteiger partial charge is 0.355 e. The van der Waals surface area contributed by atoms with Crippen molar-refractivity contribution >= 4 is 18.3 Å². The summed E-state index contributed by atoms with van der Waals surface area (Å²) in [6.45, 7) is 4.28. The van der Waals surface area contributed by atoms with Crippen molar-refractivity contribution < 1.29 is 9.18 Å². The Morgan fingerprint density at radius 2 is 1.90 bits per heavy atom. The molecule has 2 rings (SSSR count). The van der Waals surface area contributed by atoms with E-state index in [1.807, 2.05) is 26.0 Å². The van der Waals surface area contributed by atoms with Crippen molar-refractivity contribution in [3.8, 4) is 0 Å². The van der Waals surface area contributed by atoms with Gasteiger partial charge in [0, 0.05) is 23.9 Å². The average molecular weight is 315 g/mol. The van der Waals surface area contributed by atoms with Crippen molar-refractivity contribution in [2.45, 2.75) is 44.6 Å². The second kappa shape index (κ2) is 7.23. The minimum atomic E-state index is -0.224. The number of carbonyl (C=O) groups is 1. The first-order valence-electron chi connectivity index (χ1n) is 7.24. The zero-order chi connectivity index (χ0) is 14.8. The lowest BCUT2D eigenvalue weighted by Crippen LogP contribution is -2.48. The molecule has 0 aromatic heterocycles. The van der Waals surface area contributed by atoms with Crippen LogP contribution in [0.1, 0.15) is 38.7 Å². The molecular formula is C16H24ClFN2O. The Morgan fingerprint density at radius 3 is 2.33 bits per heavy atom. The Hall–Kier alpha value is -1.13. The highest BCUT2D eigenvalue weighted by atomic mass is 35.5. The van der Waals surface area contributed by atoms with E-state index in [2.05, 4.69) is 5.32 Å². The van der Waals surface area contributed by atoms with E-state index in [1.54, 1.807) is 0 Å². The number of hydrogen-bond donors (Lipinski definition) is 2. The van der Waals surface area contributed by atoms with Crippen LogP contribution in [-0.2, 0) is 10.2 Å². The summed E-state index contributed by atoms with van der Waals surface area (Å²) < 4.78 is 13.0. The van der Waals surface area contributed by atoms with Crippen LogP contribution in [0.25, 0.3) is 0 Å². The standard InChI is InChI=1S/C16H23FN2O.ClH/c1-11(12(2)18)15(20)19-10-16(8-3-9-16)13-4-6-14(17)7-5-13;/h4-7,11-12H,3,8-10,18H2,1-2H3,(H,19,20);1H. The highest BCUT2D eigenvalue weighted by Crippen LogP contribution is 2.43. The van der Waals surface area contributed by atoms with E-state index in [0.29, 0.717) is 6.54 Å². The molecule has 0 aliphatic heterocycles. The topological polar surface area (TPSA) is 55.1 Å². The van der Waals surface area contributed by atoms with Crippen molar-refractivity contribution in [3.05, 3.63) is 35.6 Å². The molecule has 1 aromatic carbocycles. The number of amides is 1. The van der Waals surface area contributed by atoms with Crippen LogP contribution < -0.4 is 11.1 Å². The second-order valence-corrected chi connectivity index (χ2v) is 6.01. The molecule has 1 amide bonds. The van der Waals surface area contributed by atoms with Gasteiger partial charge < -0.3 is 11.1 Å². The van der Waals surface area contributed by atoms with E-state index in [-0.39, 0.29) is 41.5 Å². The van der Waals surface area contributed by atoms with Gasteiger partial charge in [-0.3, -0.25) is 4.79 Å². The van der Waals surface area contributed by atoms with E-state index < -0.39 is 0 Å². The summed E-state index contributed by atoms with van der Waals surface area (Å²) >= 11 is 0. The van der Waals surface area contributed by atoms with Crippen molar-refractivity contribution in [1.29, 1.82) is 0 Å². The summed E-state index contributed by atoms with van der Waals surface area (Å²) in [6, 6.07) is 6.48. The Labute approximate surface area is 131 Å². The van der Waals surface area contributed by atoms with Gasteiger partial charge in [-0.15, -0.1) is 12.4 Å². The van der Waals surface area contributed by atoms with Crippen molar-refractivity contribution in [1.82, 2.24) is 5.32 Å². The molecule has 21 heavy (non-hydrogen) atoms. The Balaban J connectivity index is 0.00000220. The first-order chi connectivity index (χ1) is 9.44. The lowest BCUT2D eigenvalue weighted by atomic mass is 9.64. The van der Waals surface area contributed by atoms with E-state index in [4.69, 9.17) is 5.73 Å². The minimum Gasteiger partial charge on any atom is -0.355 e. The van der Waals surface area contributed by atoms with Crippen LogP contribution in [0, 0.1) is 11.7 Å². The third-order valence-electron chi connectivity index (χ3n) is 4.57. The van der Waals surface area contributed by atoms with Gasteiger partial charge in [0.15, 0.2) is 0 Å². The van der Waals surface area contributed by atoms with Crippen molar-refractivity contribution in [3.63, 3.8) is 0 Å². The minimum absolute atomic E-state index is 0. The van der Waals surface area contributed by atoms with Crippen LogP contribution in [0.15, 0.2) is 24.3 Å². The number of rotatable bonds is 5. The van der Waals surface area contributed by atoms with Gasteiger partial charge in [0.25, 0.3) is 0 Å². The fraction of sp³-hybridized carbons (Fsp3) is 0.562. The molecule has 1 fully saturated rings. The second-order valence-electron chi connectivity index (χ2n) is 6.01. The van der Waals surface area contributed by atoms with Gasteiger partial charge in [0.05, 0.1) is 0 Å². The molecule has 1 aliphatic carbocycles. The highest BCUT2D eigenvalue weighted by Gasteiger charge is 2.39. The number of benzene rings is 1. The van der Waals surface area contributed by atoms with Gasteiger partial charge in [-0.05, 0) is 37.5 Å². The predicted octanol–water partition coefficient (Wildman–Crippen LogP) is 2.77. The zero-order valence-electron chi connectivity index (χ0n) is 12.6. The van der Waals surface area contributed by atoms with Crippen LogP contribution >= 0.6 is 12.4 Å². The van der Waals surface area contributed by atoms with Crippen LogP contribution in [0.3, 0.4) is 0 Å². The maximum atomic E-state index is 13.0. The molecule has 0 heterocycles. The Kier molecular flexibility index (Phi) is 6.17. The molecule has 0 spiro atoms. The molecule has 0 radical (unpaired) electrons. The SMILES string of the molecule is CC(N)C(C)C(=O)NCC1(c2ccc(F)cc2)CCC1.Cl. The Morgan fingerprint density at radius 1 is 1.33 bits per heavy atom. The average Bonchev–Trinajstić information content (AvgIpc) is 2.38. The molecule has 3 N–H and O–H groups in total. The molecule has 1 saturated carbocycles. The molecule has 118 valence electrons. The third-order valence-corrected chi connectivity index (χ3v) is 4.57. The predicted molar refractivity (Wildman–Crippen MR) is 85.0 cm³/mol. The smallest absolute Gasteiger partial charge is 0.224 e. The number of nitrogens with two attached hydrogens (primary N) is 1. The van der Waals surface area contributed by atoms with Crippen molar-refractivity contribution in [2.24, 2.45) is 11.7 Å². The molecule has 2 atom stereocenters. The summed E-state index contributed by atoms with van der Waals surface area (Å²) in [6.07, 6.45) is 3.22. The summed E-state index contributed by atoms with van der Waals surface area (Å²) in [5, 5.41) is 3.01. The number of hydrogen-bond acceptors (Lipinski definition) is 2. The summed E-state index contributed by atoms with van der Waals surface area (Å²) in [4.78, 5) is 12.0. The molecule has 0 bridgehead atoms. The van der Waals surface area contributed by atoms with Gasteiger partial charge in [0.2, 0.25) is 5.91 Å². The monoisotopic (exact) mass is 314 g/mol. The van der Waals surface area contributed by atoms with Gasteiger partial charge in [-0.2, -0.15) is 0 Å². The van der Waals surface area contributed by atoms with E-state index >= 15 is 0 Å². The lowest BCUT2D eigenvalue weighted by molar-refractivity contribution is -0.125. The highest BCUT2D eigenvalue weighted by molar-refractivity contribution is 5.85. The lowest BCUT2D eigenvalue weighted by Gasteiger charge is -2.43. The van der Waals surface area contributed by atoms with Gasteiger partial charge in [-0.25, -0.2) is 4.39 Å². The molecule has 2 unspecified atom stereocenters.